The Hall–Kier alpha value is -2.14. The minimum atomic E-state index is 0. The van der Waals surface area contributed by atoms with Crippen LogP contribution in [0.1, 0.15) is 47.9 Å². The van der Waals surface area contributed by atoms with Crippen LogP contribution in [0.5, 0.6) is 0 Å². The summed E-state index contributed by atoms with van der Waals surface area (Å²) in [5.41, 5.74) is 5.89. The molecule has 5 heteroatoms. The zero-order valence-corrected chi connectivity index (χ0v) is 20.0. The Morgan fingerprint density at radius 1 is 1.00 bits per heavy atom. The summed E-state index contributed by atoms with van der Waals surface area (Å²) < 4.78 is 6.52. The highest BCUT2D eigenvalue weighted by Crippen LogP contribution is 2.24. The van der Waals surface area contributed by atoms with Gasteiger partial charge in [-0.25, -0.2) is 0 Å². The highest BCUT2D eigenvalue weighted by atomic mass is 35.5. The Balaban J connectivity index is 0.00000289. The summed E-state index contributed by atoms with van der Waals surface area (Å²) in [5.74, 6) is 0.0538. The number of carbonyl (C=O) groups is 1. The standard InChI is InChI=1S/C27H34N2O2.ClH/c1-29(2,26-14-16-31-17-15-26)20-22-12-10-21(11-13-22)19-28-27(30)25-9-5-8-23-6-3-4-7-24(23)18-25;/h3-4,6-7,10-13,18,26H,5,8-9,14-17,19-20H2,1-2H3;1H. The maximum absolute atomic E-state index is 12.8. The van der Waals surface area contributed by atoms with E-state index >= 15 is 0 Å². The molecule has 0 radical (unpaired) electrons. The molecule has 4 nitrogen and oxygen atoms in total. The van der Waals surface area contributed by atoms with Gasteiger partial charge in [-0.2, -0.15) is 0 Å². The molecule has 1 N–H and O–H groups in total. The molecule has 1 fully saturated rings. The van der Waals surface area contributed by atoms with E-state index in [0.29, 0.717) is 12.6 Å². The van der Waals surface area contributed by atoms with Crippen LogP contribution in [-0.4, -0.2) is 43.7 Å². The monoisotopic (exact) mass is 454 g/mol. The molecule has 0 saturated carbocycles. The molecular formula is C27H35ClN2O2. The molecule has 0 atom stereocenters. The highest BCUT2D eigenvalue weighted by Gasteiger charge is 2.30. The number of benzene rings is 2. The number of carbonyl (C=O) groups excluding carboxylic acids is 1. The number of fused-ring (bicyclic) bond motifs is 1. The summed E-state index contributed by atoms with van der Waals surface area (Å²) in [5, 5.41) is 3.12. The third-order valence-corrected chi connectivity index (χ3v) is 6.81. The van der Waals surface area contributed by atoms with Crippen molar-refractivity contribution in [2.24, 2.45) is 0 Å². The lowest BCUT2D eigenvalue weighted by Crippen LogP contribution is -3.00. The van der Waals surface area contributed by atoms with Gasteiger partial charge in [-0.15, -0.1) is 0 Å². The van der Waals surface area contributed by atoms with Crippen molar-refractivity contribution >= 4 is 12.0 Å². The van der Waals surface area contributed by atoms with E-state index in [1.54, 1.807) is 0 Å². The number of hydrogen-bond donors (Lipinski definition) is 1. The Kier molecular flexibility index (Phi) is 8.52. The van der Waals surface area contributed by atoms with Gasteiger partial charge in [0.1, 0.15) is 6.54 Å². The molecule has 2 aromatic carbocycles. The van der Waals surface area contributed by atoms with Crippen molar-refractivity contribution in [3.63, 3.8) is 0 Å². The number of quaternary nitrogens is 1. The summed E-state index contributed by atoms with van der Waals surface area (Å²) in [6, 6.07) is 17.8. The maximum atomic E-state index is 12.8. The van der Waals surface area contributed by atoms with Gasteiger partial charge in [0.05, 0.1) is 33.4 Å². The van der Waals surface area contributed by atoms with Crippen molar-refractivity contribution < 1.29 is 26.4 Å². The lowest BCUT2D eigenvalue weighted by Gasteiger charge is -2.40. The molecule has 0 unspecified atom stereocenters. The molecule has 0 bridgehead atoms. The molecule has 1 aliphatic carbocycles. The van der Waals surface area contributed by atoms with Crippen LogP contribution in [0, 0.1) is 0 Å². The molecule has 1 saturated heterocycles. The van der Waals surface area contributed by atoms with Gasteiger partial charge in [0, 0.05) is 30.5 Å². The number of rotatable bonds is 6. The number of amides is 1. The van der Waals surface area contributed by atoms with Gasteiger partial charge < -0.3 is 26.9 Å². The molecule has 1 heterocycles. The van der Waals surface area contributed by atoms with E-state index < -0.39 is 0 Å². The average molecular weight is 455 g/mol. The SMILES string of the molecule is C[N+](C)(Cc1ccc(CNC(=O)C2=Cc3ccccc3CCC2)cc1)C1CCOCC1.[Cl-]. The lowest BCUT2D eigenvalue weighted by atomic mass is 10.0. The minimum Gasteiger partial charge on any atom is -1.00 e. The molecule has 4 rings (SSSR count). The minimum absolute atomic E-state index is 0. The fourth-order valence-corrected chi connectivity index (χ4v) is 4.85. The van der Waals surface area contributed by atoms with Gasteiger partial charge in [-0.1, -0.05) is 48.5 Å². The first-order valence-electron chi connectivity index (χ1n) is 11.6. The zero-order chi connectivity index (χ0) is 21.7. The first kappa shape index (κ1) is 24.5. The summed E-state index contributed by atoms with van der Waals surface area (Å²) in [7, 11) is 4.64. The van der Waals surface area contributed by atoms with Crippen LogP contribution in [0.3, 0.4) is 0 Å². The second-order valence-corrected chi connectivity index (χ2v) is 9.50. The number of ether oxygens (including phenoxy) is 1. The van der Waals surface area contributed by atoms with Gasteiger partial charge in [-0.05, 0) is 42.0 Å². The molecule has 1 aliphatic heterocycles. The topological polar surface area (TPSA) is 38.3 Å². The Bertz CT molecular complexity index is 931. The fourth-order valence-electron chi connectivity index (χ4n) is 4.85. The predicted molar refractivity (Wildman–Crippen MR) is 125 cm³/mol. The molecule has 2 aromatic rings. The number of hydrogen-bond acceptors (Lipinski definition) is 2. The second-order valence-electron chi connectivity index (χ2n) is 9.50. The highest BCUT2D eigenvalue weighted by molar-refractivity contribution is 5.98. The van der Waals surface area contributed by atoms with E-state index in [1.165, 1.54) is 16.7 Å². The smallest absolute Gasteiger partial charge is 0.247 e. The van der Waals surface area contributed by atoms with Crippen LogP contribution in [-0.2, 0) is 29.0 Å². The summed E-state index contributed by atoms with van der Waals surface area (Å²) in [6.45, 7) is 3.35. The molecule has 0 spiro atoms. The first-order valence-corrected chi connectivity index (χ1v) is 11.6. The van der Waals surface area contributed by atoms with Gasteiger partial charge in [-0.3, -0.25) is 4.79 Å². The second kappa shape index (κ2) is 11.1. The summed E-state index contributed by atoms with van der Waals surface area (Å²) in [6.07, 6.45) is 7.23. The van der Waals surface area contributed by atoms with Crippen molar-refractivity contribution in [3.8, 4) is 0 Å². The third-order valence-electron chi connectivity index (χ3n) is 6.81. The number of halogens is 1. The molecule has 32 heavy (non-hydrogen) atoms. The van der Waals surface area contributed by atoms with Crippen LogP contribution >= 0.6 is 0 Å². The predicted octanol–water partition coefficient (Wildman–Crippen LogP) is 1.48. The van der Waals surface area contributed by atoms with Crippen molar-refractivity contribution in [2.45, 2.75) is 51.2 Å². The number of aryl methyl sites for hydroxylation is 1. The van der Waals surface area contributed by atoms with E-state index in [1.807, 2.05) is 6.07 Å². The summed E-state index contributed by atoms with van der Waals surface area (Å²) >= 11 is 0. The molecule has 2 aliphatic rings. The molecular weight excluding hydrogens is 420 g/mol. The maximum Gasteiger partial charge on any atom is 0.247 e. The van der Waals surface area contributed by atoms with E-state index in [9.17, 15) is 4.79 Å². The van der Waals surface area contributed by atoms with Gasteiger partial charge in [0.2, 0.25) is 5.91 Å². The normalized spacial score (nSPS) is 16.9. The van der Waals surface area contributed by atoms with Crippen LogP contribution in [0.25, 0.3) is 6.08 Å². The van der Waals surface area contributed by atoms with Crippen molar-refractivity contribution in [3.05, 3.63) is 76.4 Å². The van der Waals surface area contributed by atoms with E-state index in [2.05, 4.69) is 68.0 Å². The third kappa shape index (κ3) is 6.22. The van der Waals surface area contributed by atoms with Gasteiger partial charge >= 0.3 is 0 Å². The first-order chi connectivity index (χ1) is 15.0. The van der Waals surface area contributed by atoms with Gasteiger partial charge in [0.25, 0.3) is 0 Å². The average Bonchev–Trinajstić information content (AvgIpc) is 3.01. The van der Waals surface area contributed by atoms with E-state index in [4.69, 9.17) is 4.74 Å². The Morgan fingerprint density at radius 2 is 1.69 bits per heavy atom. The number of nitrogens with one attached hydrogen (secondary N) is 1. The fraction of sp³-hybridized carbons (Fsp3) is 0.444. The quantitative estimate of drug-likeness (QED) is 0.671. The zero-order valence-electron chi connectivity index (χ0n) is 19.3. The Labute approximate surface area is 198 Å². The molecule has 172 valence electrons. The Morgan fingerprint density at radius 3 is 2.44 bits per heavy atom. The van der Waals surface area contributed by atoms with Crippen molar-refractivity contribution in [2.75, 3.05) is 27.3 Å². The number of nitrogens with zero attached hydrogens (tertiary/aromatic N) is 1. The van der Waals surface area contributed by atoms with Crippen LogP contribution in [0.15, 0.2) is 54.1 Å². The van der Waals surface area contributed by atoms with E-state index in [0.717, 1.165) is 67.5 Å². The van der Waals surface area contributed by atoms with Crippen molar-refractivity contribution in [1.82, 2.24) is 5.32 Å². The van der Waals surface area contributed by atoms with Crippen molar-refractivity contribution in [1.29, 1.82) is 0 Å². The van der Waals surface area contributed by atoms with Crippen LogP contribution in [0.2, 0.25) is 0 Å². The summed E-state index contributed by atoms with van der Waals surface area (Å²) in [4.78, 5) is 12.8. The molecule has 1 amide bonds. The van der Waals surface area contributed by atoms with Crippen LogP contribution in [0.4, 0.5) is 0 Å². The van der Waals surface area contributed by atoms with Gasteiger partial charge in [0.15, 0.2) is 0 Å². The lowest BCUT2D eigenvalue weighted by molar-refractivity contribution is -0.929. The largest absolute Gasteiger partial charge is 1.00 e. The van der Waals surface area contributed by atoms with E-state index in [-0.39, 0.29) is 18.3 Å². The van der Waals surface area contributed by atoms with Crippen LogP contribution < -0.4 is 17.7 Å². The molecule has 0 aromatic heterocycles.